The van der Waals surface area contributed by atoms with Crippen molar-refractivity contribution in [1.29, 1.82) is 0 Å². The largest absolute Gasteiger partial charge is 0.0912 e. The van der Waals surface area contributed by atoms with Crippen molar-refractivity contribution in [1.82, 2.24) is 0 Å². The van der Waals surface area contributed by atoms with Gasteiger partial charge in [0.2, 0.25) is 0 Å². The van der Waals surface area contributed by atoms with Gasteiger partial charge in [0, 0.05) is 0 Å². The van der Waals surface area contributed by atoms with Crippen LogP contribution in [0.4, 0.5) is 0 Å². The molecule has 72 valence electrons. The zero-order chi connectivity index (χ0) is 9.84. The normalized spacial score (nSPS) is 19.2. The van der Waals surface area contributed by atoms with E-state index in [0.717, 1.165) is 0 Å². The Labute approximate surface area is 82.0 Å². The Bertz CT molecular complexity index is 264. The van der Waals surface area contributed by atoms with Crippen molar-refractivity contribution in [3.05, 3.63) is 34.9 Å². The second-order valence-corrected chi connectivity index (χ2v) is 3.92. The fourth-order valence-corrected chi connectivity index (χ4v) is 1.88. The molecule has 1 rings (SSSR count). The van der Waals surface area contributed by atoms with E-state index in [1.807, 2.05) is 0 Å². The van der Waals surface area contributed by atoms with E-state index < -0.39 is 0 Å². The van der Waals surface area contributed by atoms with E-state index >= 15 is 0 Å². The number of hydrogen-bond donors (Lipinski definition) is 0. The summed E-state index contributed by atoms with van der Waals surface area (Å²) in [6.45, 7) is 10.7. The van der Waals surface area contributed by atoms with Crippen LogP contribution in [0.1, 0.15) is 46.5 Å². The predicted octanol–water partition coefficient (Wildman–Crippen LogP) is 4.40. The highest BCUT2D eigenvalue weighted by atomic mass is 14.2. The van der Waals surface area contributed by atoms with Gasteiger partial charge < -0.3 is 0 Å². The van der Waals surface area contributed by atoms with Crippen molar-refractivity contribution in [3.8, 4) is 0 Å². The van der Waals surface area contributed by atoms with E-state index in [1.54, 1.807) is 5.57 Å². The molecule has 0 fully saturated rings. The number of allylic oxidation sites excluding steroid dienone is 5. The fourth-order valence-electron chi connectivity index (χ4n) is 1.88. The molecule has 0 aromatic carbocycles. The zero-order valence-electron chi connectivity index (χ0n) is 9.11. The molecular weight excluding hydrogens is 156 g/mol. The molecule has 1 aliphatic carbocycles. The summed E-state index contributed by atoms with van der Waals surface area (Å²) in [4.78, 5) is 0. The highest BCUT2D eigenvalue weighted by Gasteiger charge is 2.12. The molecule has 0 saturated carbocycles. The lowest BCUT2D eigenvalue weighted by Gasteiger charge is -2.20. The predicted molar refractivity (Wildman–Crippen MR) is 59.7 cm³/mol. The lowest BCUT2D eigenvalue weighted by molar-refractivity contribution is 0.678. The molecular formula is C13H20. The first-order chi connectivity index (χ1) is 6.16. The van der Waals surface area contributed by atoms with Crippen molar-refractivity contribution in [3.63, 3.8) is 0 Å². The van der Waals surface area contributed by atoms with Gasteiger partial charge in [-0.2, -0.15) is 0 Å². The summed E-state index contributed by atoms with van der Waals surface area (Å²) in [6, 6.07) is 0. The van der Waals surface area contributed by atoms with Crippen molar-refractivity contribution >= 4 is 0 Å². The molecule has 0 aromatic heterocycles. The monoisotopic (exact) mass is 176 g/mol. The summed E-state index contributed by atoms with van der Waals surface area (Å²) in [7, 11) is 0. The van der Waals surface area contributed by atoms with Gasteiger partial charge in [0.1, 0.15) is 0 Å². The topological polar surface area (TPSA) is 0 Å². The molecule has 13 heavy (non-hydrogen) atoms. The summed E-state index contributed by atoms with van der Waals surface area (Å²) in [5.41, 5.74) is 5.66. The van der Waals surface area contributed by atoms with Gasteiger partial charge in [0.25, 0.3) is 0 Å². The minimum Gasteiger partial charge on any atom is -0.0912 e. The van der Waals surface area contributed by atoms with Crippen LogP contribution in [-0.2, 0) is 0 Å². The second-order valence-electron chi connectivity index (χ2n) is 3.92. The minimum atomic E-state index is 1.23. The average Bonchev–Trinajstić information content (AvgIpc) is 2.16. The van der Waals surface area contributed by atoms with Gasteiger partial charge in [-0.05, 0) is 63.2 Å². The lowest BCUT2D eigenvalue weighted by atomic mass is 9.86. The Morgan fingerprint density at radius 3 is 2.46 bits per heavy atom. The fraction of sp³-hybridized carbons (Fsp3) is 0.538. The molecule has 0 aromatic rings. The number of hydrogen-bond acceptors (Lipinski definition) is 0. The molecule has 0 heterocycles. The SMILES string of the molecule is C=C(C1=C(C)CCCC1)/C(C)=C\C. The molecule has 0 saturated heterocycles. The van der Waals surface area contributed by atoms with Crippen LogP contribution in [0.3, 0.4) is 0 Å². The molecule has 0 heteroatoms. The van der Waals surface area contributed by atoms with E-state index in [2.05, 4.69) is 33.4 Å². The van der Waals surface area contributed by atoms with Crippen molar-refractivity contribution in [2.75, 3.05) is 0 Å². The highest BCUT2D eigenvalue weighted by Crippen LogP contribution is 2.31. The smallest absolute Gasteiger partial charge is 0.0271 e. The quantitative estimate of drug-likeness (QED) is 0.547. The molecule has 0 atom stereocenters. The lowest BCUT2D eigenvalue weighted by Crippen LogP contribution is -2.00. The molecule has 0 spiro atoms. The van der Waals surface area contributed by atoms with Gasteiger partial charge in [-0.15, -0.1) is 0 Å². The van der Waals surface area contributed by atoms with E-state index in [4.69, 9.17) is 0 Å². The van der Waals surface area contributed by atoms with Crippen LogP contribution >= 0.6 is 0 Å². The third kappa shape index (κ3) is 2.33. The van der Waals surface area contributed by atoms with Gasteiger partial charge in [0.05, 0.1) is 0 Å². The van der Waals surface area contributed by atoms with E-state index in [0.29, 0.717) is 0 Å². The maximum atomic E-state index is 4.17. The Balaban J connectivity index is 2.87. The Morgan fingerprint density at radius 2 is 1.92 bits per heavy atom. The van der Waals surface area contributed by atoms with Crippen LogP contribution in [0, 0.1) is 0 Å². The molecule has 0 nitrogen and oxygen atoms in total. The molecule has 0 radical (unpaired) electrons. The summed E-state index contributed by atoms with van der Waals surface area (Å²) in [6.07, 6.45) is 7.35. The van der Waals surface area contributed by atoms with Crippen LogP contribution in [0.2, 0.25) is 0 Å². The first kappa shape index (κ1) is 10.3. The zero-order valence-corrected chi connectivity index (χ0v) is 9.11. The molecule has 1 aliphatic rings. The summed E-state index contributed by atoms with van der Waals surface area (Å²) < 4.78 is 0. The first-order valence-corrected chi connectivity index (χ1v) is 5.18. The molecule has 0 aliphatic heterocycles. The van der Waals surface area contributed by atoms with Gasteiger partial charge in [-0.25, -0.2) is 0 Å². The van der Waals surface area contributed by atoms with E-state index in [9.17, 15) is 0 Å². The van der Waals surface area contributed by atoms with Gasteiger partial charge in [-0.1, -0.05) is 18.2 Å². The van der Waals surface area contributed by atoms with Crippen molar-refractivity contribution in [2.24, 2.45) is 0 Å². The van der Waals surface area contributed by atoms with Gasteiger partial charge in [0.15, 0.2) is 0 Å². The maximum Gasteiger partial charge on any atom is -0.0271 e. The maximum absolute atomic E-state index is 4.17. The minimum absolute atomic E-state index is 1.23. The van der Waals surface area contributed by atoms with E-state index in [1.165, 1.54) is 42.4 Å². The average molecular weight is 176 g/mol. The summed E-state index contributed by atoms with van der Waals surface area (Å²) in [5, 5.41) is 0. The molecule has 0 amide bonds. The van der Waals surface area contributed by atoms with Crippen molar-refractivity contribution in [2.45, 2.75) is 46.5 Å². The van der Waals surface area contributed by atoms with Crippen LogP contribution in [0.5, 0.6) is 0 Å². The van der Waals surface area contributed by atoms with Gasteiger partial charge in [-0.3, -0.25) is 0 Å². The highest BCUT2D eigenvalue weighted by molar-refractivity contribution is 5.46. The molecule has 0 unspecified atom stereocenters. The number of rotatable bonds is 2. The standard InChI is InChI=1S/C13H20/c1-5-10(2)12(4)13-9-7-6-8-11(13)3/h5H,4,6-9H2,1-3H3/b10-5-. The Morgan fingerprint density at radius 1 is 1.31 bits per heavy atom. The van der Waals surface area contributed by atoms with Crippen LogP contribution in [0.25, 0.3) is 0 Å². The van der Waals surface area contributed by atoms with Crippen molar-refractivity contribution < 1.29 is 0 Å². The third-order valence-electron chi connectivity index (χ3n) is 3.02. The Hall–Kier alpha value is -0.780. The summed E-state index contributed by atoms with van der Waals surface area (Å²) >= 11 is 0. The molecule has 0 N–H and O–H groups in total. The van der Waals surface area contributed by atoms with E-state index in [-0.39, 0.29) is 0 Å². The van der Waals surface area contributed by atoms with Gasteiger partial charge >= 0.3 is 0 Å². The summed E-state index contributed by atoms with van der Waals surface area (Å²) in [5.74, 6) is 0. The van der Waals surface area contributed by atoms with Crippen LogP contribution < -0.4 is 0 Å². The van der Waals surface area contributed by atoms with Crippen LogP contribution in [0.15, 0.2) is 34.9 Å². The second kappa shape index (κ2) is 4.45. The third-order valence-corrected chi connectivity index (χ3v) is 3.02. The Kier molecular flexibility index (Phi) is 3.53. The van der Waals surface area contributed by atoms with Crippen LogP contribution in [-0.4, -0.2) is 0 Å². The molecule has 0 bridgehead atoms. The first-order valence-electron chi connectivity index (χ1n) is 5.18.